The Morgan fingerprint density at radius 2 is 1.09 bits per heavy atom. The molecule has 10 nitrogen and oxygen atoms in total. The SMILES string of the molecule is C[C@@]12O[C@@H]3CO[C@@H](c4ccccc4)O[C@H]3C[C@H]1O[C@H]1C[C@@H]3O[C@@H]3C[C@H]3O[C@H]4CO[C@H](c5ccccc5)O[C@@H]4C=C[C@@H]3O[C@@H]1C[C@H]2O. The normalized spacial score (nSPS) is 48.2. The van der Waals surface area contributed by atoms with Gasteiger partial charge >= 0.3 is 0 Å². The van der Waals surface area contributed by atoms with Crippen LogP contribution in [0.25, 0.3) is 0 Å². The number of epoxide rings is 1. The van der Waals surface area contributed by atoms with Crippen molar-refractivity contribution in [2.24, 2.45) is 0 Å². The van der Waals surface area contributed by atoms with E-state index in [0.29, 0.717) is 38.9 Å². The molecule has 2 aromatic carbocycles. The average molecular weight is 635 g/mol. The molecule has 6 fully saturated rings. The van der Waals surface area contributed by atoms with E-state index in [2.05, 4.69) is 12.2 Å². The first kappa shape index (κ1) is 29.9. The molecule has 7 heterocycles. The van der Waals surface area contributed by atoms with E-state index in [-0.39, 0.29) is 54.9 Å². The molecule has 15 atom stereocenters. The standard InChI is InChI=1S/C36H42O10/c1-36-32(37)16-28-27(43-33(36)17-29-31(46-36)19-39-35(45-29)21-10-6-3-7-11-21)15-26-25(41-26)14-24-22(40-28)12-13-23-30(42-24)18-38-34(44-23)20-8-4-2-5-9-20/h2-13,22-35,37H,14-19H2,1H3/t22-,23+,24+,25+,26-,27-,28+,29-,30-,31+,32+,33+,34-,35+,36-/m0/s1. The maximum atomic E-state index is 11.8. The lowest BCUT2D eigenvalue weighted by atomic mass is 9.82. The highest BCUT2D eigenvalue weighted by atomic mass is 16.7. The highest BCUT2D eigenvalue weighted by molar-refractivity contribution is 5.18. The number of fused-ring (bicyclic) bond motifs is 6. The third kappa shape index (κ3) is 5.56. The minimum atomic E-state index is -0.945. The van der Waals surface area contributed by atoms with Crippen molar-refractivity contribution >= 4 is 0 Å². The fraction of sp³-hybridized carbons (Fsp3) is 0.611. The van der Waals surface area contributed by atoms with Crippen LogP contribution in [0.1, 0.15) is 56.3 Å². The van der Waals surface area contributed by atoms with Gasteiger partial charge in [-0.2, -0.15) is 0 Å². The van der Waals surface area contributed by atoms with Crippen LogP contribution in [0.2, 0.25) is 0 Å². The van der Waals surface area contributed by atoms with Crippen LogP contribution in [0, 0.1) is 0 Å². The van der Waals surface area contributed by atoms with Crippen LogP contribution in [0.4, 0.5) is 0 Å². The highest BCUT2D eigenvalue weighted by Crippen LogP contribution is 2.47. The monoisotopic (exact) mass is 634 g/mol. The summed E-state index contributed by atoms with van der Waals surface area (Å²) in [5.74, 6) is 0. The summed E-state index contributed by atoms with van der Waals surface area (Å²) in [5.41, 5.74) is 1.00. The summed E-state index contributed by atoms with van der Waals surface area (Å²) in [6.07, 6.45) is 2.04. The van der Waals surface area contributed by atoms with Gasteiger partial charge in [-0.25, -0.2) is 0 Å². The van der Waals surface area contributed by atoms with Gasteiger partial charge in [0.25, 0.3) is 0 Å². The number of aliphatic hydroxyl groups excluding tert-OH is 1. The molecule has 1 N–H and O–H groups in total. The van der Waals surface area contributed by atoms with Gasteiger partial charge in [-0.1, -0.05) is 72.8 Å². The second kappa shape index (κ2) is 12.0. The topological polar surface area (TPSA) is 107 Å². The van der Waals surface area contributed by atoms with E-state index in [1.54, 1.807) is 0 Å². The van der Waals surface area contributed by atoms with Gasteiger partial charge in [0.1, 0.15) is 30.0 Å². The fourth-order valence-corrected chi connectivity index (χ4v) is 8.10. The van der Waals surface area contributed by atoms with Crippen LogP contribution >= 0.6 is 0 Å². The van der Waals surface area contributed by atoms with E-state index >= 15 is 0 Å². The molecule has 0 saturated carbocycles. The number of aliphatic hydroxyl groups is 1. The van der Waals surface area contributed by atoms with Gasteiger partial charge in [-0.05, 0) is 6.92 Å². The molecule has 0 amide bonds. The number of hydrogen-bond acceptors (Lipinski definition) is 10. The van der Waals surface area contributed by atoms with Gasteiger partial charge in [0.05, 0.1) is 62.0 Å². The number of rotatable bonds is 2. The van der Waals surface area contributed by atoms with Crippen molar-refractivity contribution in [3.63, 3.8) is 0 Å². The molecule has 6 saturated heterocycles. The molecule has 2 aromatic rings. The van der Waals surface area contributed by atoms with Crippen LogP contribution in [0.15, 0.2) is 72.8 Å². The molecule has 246 valence electrons. The summed E-state index contributed by atoms with van der Waals surface area (Å²) < 4.78 is 58.3. The molecular weight excluding hydrogens is 592 g/mol. The Labute approximate surface area is 268 Å². The van der Waals surface area contributed by atoms with Crippen molar-refractivity contribution in [1.82, 2.24) is 0 Å². The van der Waals surface area contributed by atoms with Crippen molar-refractivity contribution in [1.29, 1.82) is 0 Å². The maximum Gasteiger partial charge on any atom is 0.184 e. The molecule has 0 aromatic heterocycles. The van der Waals surface area contributed by atoms with Crippen LogP contribution in [0.3, 0.4) is 0 Å². The molecule has 0 radical (unpaired) electrons. The Morgan fingerprint density at radius 3 is 1.80 bits per heavy atom. The molecule has 0 bridgehead atoms. The van der Waals surface area contributed by atoms with Crippen LogP contribution in [-0.4, -0.2) is 97.2 Å². The molecule has 10 heteroatoms. The summed E-state index contributed by atoms with van der Waals surface area (Å²) in [6.45, 7) is 2.74. The fourth-order valence-electron chi connectivity index (χ4n) is 8.10. The lowest BCUT2D eigenvalue weighted by molar-refractivity contribution is -0.336. The van der Waals surface area contributed by atoms with E-state index in [4.69, 9.17) is 42.6 Å². The first-order valence-electron chi connectivity index (χ1n) is 16.8. The molecular formula is C36H42O10. The Hall–Kier alpha value is -2.22. The largest absolute Gasteiger partial charge is 0.390 e. The summed E-state index contributed by atoms with van der Waals surface area (Å²) in [5, 5.41) is 11.8. The second-order valence-electron chi connectivity index (χ2n) is 13.8. The summed E-state index contributed by atoms with van der Waals surface area (Å²) in [6, 6.07) is 19.9. The zero-order chi connectivity index (χ0) is 30.8. The number of benzene rings is 2. The Kier molecular flexibility index (Phi) is 7.82. The molecule has 0 unspecified atom stereocenters. The van der Waals surface area contributed by atoms with E-state index in [0.717, 1.165) is 11.1 Å². The zero-order valence-corrected chi connectivity index (χ0v) is 25.9. The third-order valence-electron chi connectivity index (χ3n) is 10.8. The van der Waals surface area contributed by atoms with Crippen molar-refractivity contribution in [2.45, 2.75) is 124 Å². The Bertz CT molecular complexity index is 1390. The van der Waals surface area contributed by atoms with Crippen LogP contribution < -0.4 is 0 Å². The molecule has 7 aliphatic rings. The predicted octanol–water partition coefficient (Wildman–Crippen LogP) is 3.92. The molecule has 0 aliphatic carbocycles. The molecule has 0 spiro atoms. The Balaban J connectivity index is 0.942. The highest BCUT2D eigenvalue weighted by Gasteiger charge is 2.58. The van der Waals surface area contributed by atoms with Gasteiger partial charge in [-0.15, -0.1) is 0 Å². The van der Waals surface area contributed by atoms with E-state index in [1.807, 2.05) is 67.6 Å². The third-order valence-corrected chi connectivity index (χ3v) is 10.8. The molecule has 7 aliphatic heterocycles. The Morgan fingerprint density at radius 1 is 0.543 bits per heavy atom. The van der Waals surface area contributed by atoms with E-state index < -0.39 is 36.5 Å². The van der Waals surface area contributed by atoms with Crippen LogP contribution in [-0.2, 0) is 42.6 Å². The zero-order valence-electron chi connectivity index (χ0n) is 25.9. The van der Waals surface area contributed by atoms with Gasteiger partial charge in [-0.3, -0.25) is 0 Å². The minimum Gasteiger partial charge on any atom is -0.390 e. The summed E-state index contributed by atoms with van der Waals surface area (Å²) >= 11 is 0. The van der Waals surface area contributed by atoms with Crippen LogP contribution in [0.5, 0.6) is 0 Å². The van der Waals surface area contributed by atoms with Gasteiger partial charge < -0.3 is 47.7 Å². The lowest BCUT2D eigenvalue weighted by Crippen LogP contribution is -2.63. The van der Waals surface area contributed by atoms with E-state index in [9.17, 15) is 5.11 Å². The maximum absolute atomic E-state index is 11.8. The van der Waals surface area contributed by atoms with Gasteiger partial charge in [0.15, 0.2) is 12.6 Å². The van der Waals surface area contributed by atoms with Gasteiger partial charge in [0.2, 0.25) is 0 Å². The smallest absolute Gasteiger partial charge is 0.184 e. The number of hydrogen-bond donors (Lipinski definition) is 1. The summed E-state index contributed by atoms with van der Waals surface area (Å²) in [7, 11) is 0. The molecule has 46 heavy (non-hydrogen) atoms. The van der Waals surface area contributed by atoms with Gasteiger partial charge in [0, 0.05) is 36.8 Å². The average Bonchev–Trinajstić information content (AvgIpc) is 3.86. The minimum absolute atomic E-state index is 0.0448. The number of ether oxygens (including phenoxy) is 9. The predicted molar refractivity (Wildman–Crippen MR) is 162 cm³/mol. The van der Waals surface area contributed by atoms with Crippen molar-refractivity contribution in [3.8, 4) is 0 Å². The second-order valence-corrected chi connectivity index (χ2v) is 13.8. The quantitative estimate of drug-likeness (QED) is 0.386. The van der Waals surface area contributed by atoms with Crippen molar-refractivity contribution in [2.75, 3.05) is 13.2 Å². The first-order chi connectivity index (χ1) is 22.5. The molecule has 9 rings (SSSR count). The van der Waals surface area contributed by atoms with Crippen molar-refractivity contribution < 1.29 is 47.7 Å². The lowest BCUT2D eigenvalue weighted by Gasteiger charge is -2.51. The van der Waals surface area contributed by atoms with E-state index in [1.165, 1.54) is 0 Å². The summed E-state index contributed by atoms with van der Waals surface area (Å²) in [4.78, 5) is 0. The first-order valence-corrected chi connectivity index (χ1v) is 16.8. The van der Waals surface area contributed by atoms with Crippen molar-refractivity contribution in [3.05, 3.63) is 83.9 Å².